The minimum Gasteiger partial charge on any atom is -0.360 e. The van der Waals surface area contributed by atoms with Crippen LogP contribution in [-0.2, 0) is 19.6 Å². The highest BCUT2D eigenvalue weighted by Gasteiger charge is 2.38. The first-order valence-corrected chi connectivity index (χ1v) is 12.2. The fourth-order valence-corrected chi connectivity index (χ4v) is 6.31. The second kappa shape index (κ2) is 8.30. The number of nitrogens with zero attached hydrogens (tertiary/aromatic N) is 4. The van der Waals surface area contributed by atoms with Crippen LogP contribution in [0.3, 0.4) is 0 Å². The van der Waals surface area contributed by atoms with E-state index >= 15 is 0 Å². The Morgan fingerprint density at radius 3 is 2.27 bits per heavy atom. The lowest BCUT2D eigenvalue weighted by Gasteiger charge is -2.35. The molecule has 166 valence electrons. The Labute approximate surface area is 177 Å². The molecule has 10 heteroatoms. The van der Waals surface area contributed by atoms with Gasteiger partial charge in [0, 0.05) is 45.2 Å². The molecular weight excluding hydrogens is 408 g/mol. The van der Waals surface area contributed by atoms with Crippen molar-refractivity contribution in [2.45, 2.75) is 50.8 Å². The molecule has 2 aliphatic heterocycles. The summed E-state index contributed by atoms with van der Waals surface area (Å²) in [5.74, 6) is 0.500. The Balaban J connectivity index is 1.40. The average molecular weight is 439 g/mol. The van der Waals surface area contributed by atoms with Crippen LogP contribution < -0.4 is 0 Å². The Kier molecular flexibility index (Phi) is 5.89. The van der Waals surface area contributed by atoms with E-state index in [1.807, 2.05) is 4.90 Å². The predicted octanol–water partition coefficient (Wildman–Crippen LogP) is 1.16. The Morgan fingerprint density at radius 1 is 0.900 bits per heavy atom. The smallest absolute Gasteiger partial charge is 0.248 e. The van der Waals surface area contributed by atoms with Crippen LogP contribution in [0, 0.1) is 25.7 Å². The summed E-state index contributed by atoms with van der Waals surface area (Å²) < 4.78 is 32.6. The van der Waals surface area contributed by atoms with Crippen molar-refractivity contribution in [1.82, 2.24) is 19.3 Å². The number of carbonyl (C=O) groups excluding carboxylic acids is 2. The first-order chi connectivity index (χ1) is 14.3. The molecule has 0 bridgehead atoms. The number of amides is 2. The van der Waals surface area contributed by atoms with Gasteiger partial charge in [0.15, 0.2) is 5.76 Å². The molecule has 3 fully saturated rings. The van der Waals surface area contributed by atoms with Crippen LogP contribution in [0.1, 0.15) is 43.6 Å². The molecule has 30 heavy (non-hydrogen) atoms. The quantitative estimate of drug-likeness (QED) is 0.699. The number of aryl methyl sites for hydroxylation is 2. The second-order valence-electron chi connectivity index (χ2n) is 8.63. The highest BCUT2D eigenvalue weighted by atomic mass is 32.2. The van der Waals surface area contributed by atoms with Gasteiger partial charge in [0.25, 0.3) is 0 Å². The zero-order valence-corrected chi connectivity index (χ0v) is 18.5. The van der Waals surface area contributed by atoms with E-state index in [-0.39, 0.29) is 40.9 Å². The third-order valence-electron chi connectivity index (χ3n) is 6.34. The summed E-state index contributed by atoms with van der Waals surface area (Å²) in [6.07, 6.45) is 4.14. The van der Waals surface area contributed by atoms with Gasteiger partial charge in [-0.15, -0.1) is 0 Å². The number of aromatic nitrogens is 1. The van der Waals surface area contributed by atoms with Gasteiger partial charge in [-0.25, -0.2) is 8.42 Å². The SMILES string of the molecule is Cc1noc(C)c1S(=O)(=O)N1CCCN(C(=O)C2CCCN(C(=O)C3CC3)C2)CC1. The van der Waals surface area contributed by atoms with Gasteiger partial charge in [0.2, 0.25) is 21.8 Å². The maximum absolute atomic E-state index is 13.1. The summed E-state index contributed by atoms with van der Waals surface area (Å²) in [6.45, 7) is 5.93. The molecule has 1 aliphatic carbocycles. The number of carbonyl (C=O) groups is 2. The Bertz CT molecular complexity index is 904. The van der Waals surface area contributed by atoms with Gasteiger partial charge in [-0.2, -0.15) is 4.31 Å². The summed E-state index contributed by atoms with van der Waals surface area (Å²) in [5.41, 5.74) is 0.354. The summed E-state index contributed by atoms with van der Waals surface area (Å²) >= 11 is 0. The molecule has 3 aliphatic rings. The molecule has 0 aromatic carbocycles. The Hall–Kier alpha value is -1.94. The van der Waals surface area contributed by atoms with Crippen LogP contribution in [0.5, 0.6) is 0 Å². The minimum absolute atomic E-state index is 0.0416. The van der Waals surface area contributed by atoms with Crippen molar-refractivity contribution in [2.75, 3.05) is 39.3 Å². The lowest BCUT2D eigenvalue weighted by molar-refractivity contribution is -0.141. The second-order valence-corrected chi connectivity index (χ2v) is 10.5. The van der Waals surface area contributed by atoms with E-state index in [1.54, 1.807) is 18.7 Å². The first-order valence-electron chi connectivity index (χ1n) is 10.8. The molecule has 0 N–H and O–H groups in total. The molecule has 2 saturated heterocycles. The van der Waals surface area contributed by atoms with Crippen molar-refractivity contribution >= 4 is 21.8 Å². The number of piperidine rings is 1. The highest BCUT2D eigenvalue weighted by Crippen LogP contribution is 2.33. The molecule has 1 unspecified atom stereocenters. The molecule has 1 atom stereocenters. The summed E-state index contributed by atoms with van der Waals surface area (Å²) in [4.78, 5) is 29.3. The summed E-state index contributed by atoms with van der Waals surface area (Å²) in [6, 6.07) is 0. The molecule has 1 saturated carbocycles. The molecule has 0 spiro atoms. The third kappa shape index (κ3) is 4.12. The maximum Gasteiger partial charge on any atom is 0.248 e. The highest BCUT2D eigenvalue weighted by molar-refractivity contribution is 7.89. The van der Waals surface area contributed by atoms with Crippen molar-refractivity contribution in [2.24, 2.45) is 11.8 Å². The van der Waals surface area contributed by atoms with Crippen molar-refractivity contribution in [3.8, 4) is 0 Å². The van der Waals surface area contributed by atoms with Crippen LogP contribution in [0.15, 0.2) is 9.42 Å². The van der Waals surface area contributed by atoms with Crippen LogP contribution in [0.2, 0.25) is 0 Å². The maximum atomic E-state index is 13.1. The minimum atomic E-state index is -3.71. The third-order valence-corrected chi connectivity index (χ3v) is 8.48. The van der Waals surface area contributed by atoms with Crippen LogP contribution in [-0.4, -0.2) is 78.8 Å². The summed E-state index contributed by atoms with van der Waals surface area (Å²) in [7, 11) is -3.71. The van der Waals surface area contributed by atoms with Gasteiger partial charge in [-0.1, -0.05) is 5.16 Å². The van der Waals surface area contributed by atoms with E-state index < -0.39 is 10.0 Å². The molecule has 2 amide bonds. The molecule has 1 aromatic rings. The standard InChI is InChI=1S/C20H30N4O5S/c1-14-18(15(2)29-21-14)30(27,28)24-10-4-9-22(11-12-24)20(26)17-5-3-8-23(13-17)19(25)16-6-7-16/h16-17H,3-13H2,1-2H3. The first kappa shape index (κ1) is 21.3. The van der Waals surface area contributed by atoms with E-state index in [9.17, 15) is 18.0 Å². The van der Waals surface area contributed by atoms with Crippen molar-refractivity contribution < 1.29 is 22.5 Å². The van der Waals surface area contributed by atoms with E-state index in [4.69, 9.17) is 4.52 Å². The zero-order chi connectivity index (χ0) is 21.5. The number of likely N-dealkylation sites (tertiary alicyclic amines) is 1. The molecule has 4 rings (SSSR count). The fourth-order valence-electron chi connectivity index (χ4n) is 4.55. The summed E-state index contributed by atoms with van der Waals surface area (Å²) in [5, 5.41) is 3.77. The van der Waals surface area contributed by atoms with E-state index in [1.165, 1.54) is 4.31 Å². The van der Waals surface area contributed by atoms with Crippen molar-refractivity contribution in [1.29, 1.82) is 0 Å². The normalized spacial score (nSPS) is 24.0. The average Bonchev–Trinajstić information content (AvgIpc) is 3.54. The number of hydrogen-bond acceptors (Lipinski definition) is 6. The molecule has 9 nitrogen and oxygen atoms in total. The van der Waals surface area contributed by atoms with Gasteiger partial charge in [0.05, 0.1) is 5.92 Å². The molecule has 0 radical (unpaired) electrons. The van der Waals surface area contributed by atoms with E-state index in [0.717, 1.165) is 32.2 Å². The number of rotatable bonds is 4. The topological polar surface area (TPSA) is 104 Å². The molecule has 3 heterocycles. The van der Waals surface area contributed by atoms with Gasteiger partial charge in [-0.05, 0) is 46.0 Å². The van der Waals surface area contributed by atoms with Gasteiger partial charge < -0.3 is 14.3 Å². The van der Waals surface area contributed by atoms with Gasteiger partial charge in [-0.3, -0.25) is 9.59 Å². The number of hydrogen-bond donors (Lipinski definition) is 0. The lowest BCUT2D eigenvalue weighted by atomic mass is 9.96. The molecular formula is C20H30N4O5S. The van der Waals surface area contributed by atoms with Crippen LogP contribution >= 0.6 is 0 Å². The number of sulfonamides is 1. The molecule has 1 aromatic heterocycles. The van der Waals surface area contributed by atoms with Crippen molar-refractivity contribution in [3.05, 3.63) is 11.5 Å². The predicted molar refractivity (Wildman–Crippen MR) is 108 cm³/mol. The van der Waals surface area contributed by atoms with Crippen molar-refractivity contribution in [3.63, 3.8) is 0 Å². The van der Waals surface area contributed by atoms with Gasteiger partial charge in [0.1, 0.15) is 10.6 Å². The van der Waals surface area contributed by atoms with Gasteiger partial charge >= 0.3 is 0 Å². The Morgan fingerprint density at radius 2 is 1.60 bits per heavy atom. The van der Waals surface area contributed by atoms with E-state index in [0.29, 0.717) is 38.3 Å². The van der Waals surface area contributed by atoms with Crippen LogP contribution in [0.25, 0.3) is 0 Å². The van der Waals surface area contributed by atoms with Crippen LogP contribution in [0.4, 0.5) is 0 Å². The lowest BCUT2D eigenvalue weighted by Crippen LogP contribution is -2.48. The monoisotopic (exact) mass is 438 g/mol. The fraction of sp³-hybridized carbons (Fsp3) is 0.750. The largest absolute Gasteiger partial charge is 0.360 e. The van der Waals surface area contributed by atoms with E-state index in [2.05, 4.69) is 5.16 Å². The zero-order valence-electron chi connectivity index (χ0n) is 17.7.